The monoisotopic (exact) mass is 276 g/mol. The minimum atomic E-state index is -0.737. The van der Waals surface area contributed by atoms with Crippen LogP contribution in [0.15, 0.2) is 24.3 Å². The lowest BCUT2D eigenvalue weighted by molar-refractivity contribution is -0.136. The van der Waals surface area contributed by atoms with Gasteiger partial charge in [-0.05, 0) is 57.1 Å². The highest BCUT2D eigenvalue weighted by Gasteiger charge is 2.20. The number of piperidine rings is 1. The minimum Gasteiger partial charge on any atom is -0.481 e. The molecule has 0 unspecified atom stereocenters. The number of benzene rings is 1. The topological polar surface area (TPSA) is 43.8 Å². The number of hydrogen-bond donors (Lipinski definition) is 1. The molecule has 1 aromatic carbocycles. The van der Waals surface area contributed by atoms with E-state index in [-0.39, 0.29) is 6.42 Å². The minimum absolute atomic E-state index is 0.196. The van der Waals surface area contributed by atoms with E-state index in [1.807, 2.05) is 12.1 Å². The van der Waals surface area contributed by atoms with E-state index in [0.29, 0.717) is 12.5 Å². The Kier molecular flexibility index (Phi) is 5.01. The van der Waals surface area contributed by atoms with E-state index in [2.05, 4.69) is 36.0 Å². The van der Waals surface area contributed by atoms with Gasteiger partial charge >= 0.3 is 5.97 Å². The van der Waals surface area contributed by atoms with Gasteiger partial charge in [0.2, 0.25) is 0 Å². The van der Waals surface area contributed by atoms with Gasteiger partial charge in [0.15, 0.2) is 0 Å². The quantitative estimate of drug-likeness (QED) is 0.895. The summed E-state index contributed by atoms with van der Waals surface area (Å²) in [6, 6.07) is 8.86. The highest BCUT2D eigenvalue weighted by molar-refractivity contribution is 5.67. The summed E-state index contributed by atoms with van der Waals surface area (Å²) in [6.45, 7) is 2.29. The first-order chi connectivity index (χ1) is 9.56. The van der Waals surface area contributed by atoms with Crippen LogP contribution in [0.1, 0.15) is 24.8 Å². The van der Waals surface area contributed by atoms with Crippen molar-refractivity contribution in [3.05, 3.63) is 29.8 Å². The summed E-state index contributed by atoms with van der Waals surface area (Å²) in [6.07, 6.45) is 3.17. The third kappa shape index (κ3) is 3.97. The Morgan fingerprint density at radius 1 is 1.40 bits per heavy atom. The van der Waals surface area contributed by atoms with Gasteiger partial charge in [-0.25, -0.2) is 0 Å². The molecule has 0 aromatic heterocycles. The average molecular weight is 276 g/mol. The Morgan fingerprint density at radius 2 is 2.10 bits per heavy atom. The second kappa shape index (κ2) is 6.75. The first-order valence-electron chi connectivity index (χ1n) is 7.28. The maximum Gasteiger partial charge on any atom is 0.303 e. The molecule has 0 saturated carbocycles. The second-order valence-electron chi connectivity index (χ2n) is 5.71. The van der Waals surface area contributed by atoms with Crippen LogP contribution < -0.4 is 4.90 Å². The number of rotatable bonds is 5. The van der Waals surface area contributed by atoms with Crippen LogP contribution in [0.3, 0.4) is 0 Å². The lowest BCUT2D eigenvalue weighted by atomic mass is 10.0. The van der Waals surface area contributed by atoms with Crippen molar-refractivity contribution < 1.29 is 9.90 Å². The number of carboxylic acids is 1. The van der Waals surface area contributed by atoms with Crippen LogP contribution in [0.5, 0.6) is 0 Å². The van der Waals surface area contributed by atoms with E-state index in [1.165, 1.54) is 18.5 Å². The van der Waals surface area contributed by atoms with Crippen molar-refractivity contribution in [2.75, 3.05) is 32.1 Å². The number of aryl methyl sites for hydroxylation is 1. The van der Waals surface area contributed by atoms with Crippen LogP contribution in [0.25, 0.3) is 0 Å². The van der Waals surface area contributed by atoms with Gasteiger partial charge in [0, 0.05) is 25.2 Å². The van der Waals surface area contributed by atoms with Crippen molar-refractivity contribution in [2.45, 2.75) is 31.7 Å². The lowest BCUT2D eigenvalue weighted by Gasteiger charge is -2.36. The fourth-order valence-corrected chi connectivity index (χ4v) is 2.78. The molecule has 1 aliphatic rings. The van der Waals surface area contributed by atoms with Crippen molar-refractivity contribution in [1.82, 2.24) is 4.90 Å². The Labute approximate surface area is 121 Å². The Bertz CT molecular complexity index is 454. The molecule has 20 heavy (non-hydrogen) atoms. The Hall–Kier alpha value is -1.55. The summed E-state index contributed by atoms with van der Waals surface area (Å²) in [5, 5.41) is 8.77. The summed E-state index contributed by atoms with van der Waals surface area (Å²) >= 11 is 0. The summed E-state index contributed by atoms with van der Waals surface area (Å²) < 4.78 is 0. The predicted molar refractivity (Wildman–Crippen MR) is 81.3 cm³/mol. The first kappa shape index (κ1) is 14.9. The average Bonchev–Trinajstić information content (AvgIpc) is 2.45. The van der Waals surface area contributed by atoms with Crippen LogP contribution >= 0.6 is 0 Å². The van der Waals surface area contributed by atoms with Crippen molar-refractivity contribution >= 4 is 11.7 Å². The fourth-order valence-electron chi connectivity index (χ4n) is 2.78. The van der Waals surface area contributed by atoms with Crippen LogP contribution in [-0.4, -0.2) is 49.2 Å². The number of anilines is 1. The molecule has 0 aliphatic carbocycles. The third-order valence-corrected chi connectivity index (χ3v) is 4.18. The Morgan fingerprint density at radius 3 is 2.75 bits per heavy atom. The van der Waals surface area contributed by atoms with Gasteiger partial charge in [-0.1, -0.05) is 12.1 Å². The molecule has 4 nitrogen and oxygen atoms in total. The van der Waals surface area contributed by atoms with Crippen molar-refractivity contribution in [3.63, 3.8) is 0 Å². The molecule has 1 fully saturated rings. The van der Waals surface area contributed by atoms with Gasteiger partial charge in [0.05, 0.1) is 0 Å². The summed E-state index contributed by atoms with van der Waals surface area (Å²) in [4.78, 5) is 15.4. The zero-order valence-corrected chi connectivity index (χ0v) is 12.4. The van der Waals surface area contributed by atoms with Crippen LogP contribution in [0.2, 0.25) is 0 Å². The molecule has 0 atom stereocenters. The Balaban J connectivity index is 2.00. The van der Waals surface area contributed by atoms with E-state index in [4.69, 9.17) is 5.11 Å². The zero-order valence-electron chi connectivity index (χ0n) is 12.4. The van der Waals surface area contributed by atoms with E-state index in [0.717, 1.165) is 18.7 Å². The molecule has 1 saturated heterocycles. The lowest BCUT2D eigenvalue weighted by Crippen LogP contribution is -2.42. The molecule has 1 aliphatic heterocycles. The van der Waals surface area contributed by atoms with Gasteiger partial charge in [0.1, 0.15) is 0 Å². The van der Waals surface area contributed by atoms with Crippen molar-refractivity contribution in [1.29, 1.82) is 0 Å². The normalized spacial score (nSPS) is 17.1. The first-order valence-corrected chi connectivity index (χ1v) is 7.28. The number of aliphatic carboxylic acids is 1. The van der Waals surface area contributed by atoms with E-state index < -0.39 is 5.97 Å². The van der Waals surface area contributed by atoms with Crippen LogP contribution in [-0.2, 0) is 11.2 Å². The molecule has 0 radical (unpaired) electrons. The molecule has 0 spiro atoms. The molecule has 1 N–H and O–H groups in total. The maximum atomic E-state index is 10.7. The van der Waals surface area contributed by atoms with E-state index in [1.54, 1.807) is 0 Å². The number of nitrogens with zero attached hydrogens (tertiary/aromatic N) is 2. The molecule has 4 heteroatoms. The van der Waals surface area contributed by atoms with Crippen molar-refractivity contribution in [3.8, 4) is 0 Å². The predicted octanol–water partition coefficient (Wildman–Crippen LogP) is 2.23. The SMILES string of the molecule is CN1CCC(N(C)c2cccc(CCC(=O)O)c2)CC1. The summed E-state index contributed by atoms with van der Waals surface area (Å²) in [5.41, 5.74) is 2.30. The van der Waals surface area contributed by atoms with Gasteiger partial charge < -0.3 is 14.9 Å². The second-order valence-corrected chi connectivity index (χ2v) is 5.71. The third-order valence-electron chi connectivity index (χ3n) is 4.18. The van der Waals surface area contributed by atoms with Gasteiger partial charge in [-0.2, -0.15) is 0 Å². The largest absolute Gasteiger partial charge is 0.481 e. The zero-order chi connectivity index (χ0) is 14.5. The molecule has 2 rings (SSSR count). The summed E-state index contributed by atoms with van der Waals surface area (Å²) in [7, 11) is 4.31. The molecular formula is C16H24N2O2. The smallest absolute Gasteiger partial charge is 0.303 e. The summed E-state index contributed by atoms with van der Waals surface area (Å²) in [5.74, 6) is -0.737. The van der Waals surface area contributed by atoms with Crippen LogP contribution in [0.4, 0.5) is 5.69 Å². The standard InChI is InChI=1S/C16H24N2O2/c1-17-10-8-14(9-11-17)18(2)15-5-3-4-13(12-15)6-7-16(19)20/h3-5,12,14H,6-11H2,1-2H3,(H,19,20). The molecule has 1 aromatic rings. The molecule has 0 bridgehead atoms. The molecule has 0 amide bonds. The van der Waals surface area contributed by atoms with E-state index >= 15 is 0 Å². The van der Waals surface area contributed by atoms with E-state index in [9.17, 15) is 4.79 Å². The van der Waals surface area contributed by atoms with Gasteiger partial charge in [-0.15, -0.1) is 0 Å². The number of carboxylic acid groups (broad SMARTS) is 1. The van der Waals surface area contributed by atoms with Gasteiger partial charge in [-0.3, -0.25) is 4.79 Å². The number of carbonyl (C=O) groups is 1. The number of likely N-dealkylation sites (tertiary alicyclic amines) is 1. The molecular weight excluding hydrogens is 252 g/mol. The highest BCUT2D eigenvalue weighted by atomic mass is 16.4. The molecule has 1 heterocycles. The molecule has 110 valence electrons. The van der Waals surface area contributed by atoms with Gasteiger partial charge in [0.25, 0.3) is 0 Å². The highest BCUT2D eigenvalue weighted by Crippen LogP contribution is 2.23. The maximum absolute atomic E-state index is 10.7. The van der Waals surface area contributed by atoms with Crippen molar-refractivity contribution in [2.24, 2.45) is 0 Å². The fraction of sp³-hybridized carbons (Fsp3) is 0.562. The number of hydrogen-bond acceptors (Lipinski definition) is 3. The van der Waals surface area contributed by atoms with Crippen LogP contribution in [0, 0.1) is 0 Å².